The van der Waals surface area contributed by atoms with Crippen LogP contribution in [0.4, 0.5) is 0 Å². The summed E-state index contributed by atoms with van der Waals surface area (Å²) in [5.74, 6) is 0. The van der Waals surface area contributed by atoms with Gasteiger partial charge in [-0.25, -0.2) is 0 Å². The molecule has 1 aromatic heterocycles. The van der Waals surface area contributed by atoms with E-state index in [-0.39, 0.29) is 5.56 Å². The first kappa shape index (κ1) is 14.2. The van der Waals surface area contributed by atoms with Crippen molar-refractivity contribution in [3.8, 4) is 0 Å². The first-order chi connectivity index (χ1) is 10.0. The molecule has 3 rings (SSSR count). The van der Waals surface area contributed by atoms with Gasteiger partial charge in [-0.3, -0.25) is 14.7 Å². The highest BCUT2D eigenvalue weighted by Crippen LogP contribution is 2.19. The summed E-state index contributed by atoms with van der Waals surface area (Å²) in [7, 11) is 0. The second-order valence-electron chi connectivity index (χ2n) is 5.69. The van der Waals surface area contributed by atoms with Crippen LogP contribution in [0.15, 0.2) is 23.0 Å². The minimum atomic E-state index is -0.0561. The van der Waals surface area contributed by atoms with E-state index >= 15 is 0 Å². The molecular formula is C16H19N3OS. The fraction of sp³-hybridized carbons (Fsp3) is 0.375. The number of nitrogens with zero attached hydrogens (tertiary/aromatic N) is 1. The molecule has 0 fully saturated rings. The summed E-state index contributed by atoms with van der Waals surface area (Å²) in [5, 5.41) is 0. The molecule has 2 N–H and O–H groups in total. The normalized spacial score (nSPS) is 15.0. The zero-order valence-corrected chi connectivity index (χ0v) is 13.1. The van der Waals surface area contributed by atoms with Gasteiger partial charge in [0.25, 0.3) is 5.56 Å². The summed E-state index contributed by atoms with van der Waals surface area (Å²) in [6.45, 7) is 6.78. The molecule has 0 saturated carbocycles. The highest BCUT2D eigenvalue weighted by Gasteiger charge is 2.20. The van der Waals surface area contributed by atoms with Gasteiger partial charge in [-0.05, 0) is 42.8 Å². The lowest BCUT2D eigenvalue weighted by Crippen LogP contribution is -2.35. The van der Waals surface area contributed by atoms with E-state index in [9.17, 15) is 4.79 Å². The number of rotatable bonds is 2. The van der Waals surface area contributed by atoms with Crippen molar-refractivity contribution < 1.29 is 0 Å². The Labute approximate surface area is 128 Å². The van der Waals surface area contributed by atoms with Crippen molar-refractivity contribution in [2.24, 2.45) is 0 Å². The van der Waals surface area contributed by atoms with Crippen LogP contribution in [-0.4, -0.2) is 21.4 Å². The smallest absolute Gasteiger partial charge is 0.256 e. The molecule has 0 atom stereocenters. The van der Waals surface area contributed by atoms with Gasteiger partial charge in [0.2, 0.25) is 0 Å². The first-order valence-corrected chi connectivity index (χ1v) is 7.57. The molecule has 1 aliphatic rings. The fourth-order valence-corrected chi connectivity index (χ4v) is 3.09. The van der Waals surface area contributed by atoms with Crippen molar-refractivity contribution >= 4 is 12.2 Å². The molecule has 21 heavy (non-hydrogen) atoms. The van der Waals surface area contributed by atoms with Gasteiger partial charge in [-0.2, -0.15) is 0 Å². The third-order valence-corrected chi connectivity index (χ3v) is 4.50. The maximum absolute atomic E-state index is 12.0. The summed E-state index contributed by atoms with van der Waals surface area (Å²) in [5.41, 5.74) is 5.73. The Bertz CT molecular complexity index is 791. The van der Waals surface area contributed by atoms with Crippen molar-refractivity contribution in [2.75, 3.05) is 6.54 Å². The molecule has 0 amide bonds. The van der Waals surface area contributed by atoms with E-state index in [0.29, 0.717) is 11.3 Å². The predicted molar refractivity (Wildman–Crippen MR) is 86.0 cm³/mol. The Balaban J connectivity index is 1.85. The Kier molecular flexibility index (Phi) is 3.78. The standard InChI is InChI=1S/C16H19N3OS/c1-10-4-3-5-12(11(10)2)8-19-7-6-14-13(9-19)15(20)18-16(21)17-14/h3-5H,6-9H2,1-2H3,(H2,17,18,20,21). The molecule has 0 unspecified atom stereocenters. The molecular weight excluding hydrogens is 282 g/mol. The summed E-state index contributed by atoms with van der Waals surface area (Å²) < 4.78 is 0.418. The Morgan fingerprint density at radius 2 is 2.10 bits per heavy atom. The van der Waals surface area contributed by atoms with E-state index in [2.05, 4.69) is 46.9 Å². The van der Waals surface area contributed by atoms with Crippen LogP contribution >= 0.6 is 12.2 Å². The van der Waals surface area contributed by atoms with Gasteiger partial charge in [0.1, 0.15) is 0 Å². The van der Waals surface area contributed by atoms with Gasteiger partial charge in [0.05, 0.1) is 5.56 Å². The van der Waals surface area contributed by atoms with Gasteiger partial charge in [0.15, 0.2) is 4.77 Å². The lowest BCUT2D eigenvalue weighted by Gasteiger charge is -2.28. The highest BCUT2D eigenvalue weighted by atomic mass is 32.1. The number of fused-ring (bicyclic) bond motifs is 1. The van der Waals surface area contributed by atoms with Crippen LogP contribution in [0.5, 0.6) is 0 Å². The quantitative estimate of drug-likeness (QED) is 0.838. The molecule has 2 heterocycles. The number of aromatic amines is 2. The SMILES string of the molecule is Cc1cccc(CN2CCc3[nH]c(=S)[nH]c(=O)c3C2)c1C. The minimum Gasteiger partial charge on any atom is -0.335 e. The topological polar surface area (TPSA) is 51.9 Å². The molecule has 1 aliphatic heterocycles. The summed E-state index contributed by atoms with van der Waals surface area (Å²) >= 11 is 5.03. The lowest BCUT2D eigenvalue weighted by atomic mass is 10.0. The average Bonchev–Trinajstić information content (AvgIpc) is 2.44. The fourth-order valence-electron chi connectivity index (χ4n) is 2.87. The number of H-pyrrole nitrogens is 2. The summed E-state index contributed by atoms with van der Waals surface area (Å²) in [6.07, 6.45) is 0.841. The van der Waals surface area contributed by atoms with Crippen LogP contribution in [0.25, 0.3) is 0 Å². The van der Waals surface area contributed by atoms with E-state index < -0.39 is 0 Å². The zero-order valence-electron chi connectivity index (χ0n) is 12.3. The van der Waals surface area contributed by atoms with Crippen LogP contribution in [0.1, 0.15) is 27.9 Å². The van der Waals surface area contributed by atoms with Crippen molar-refractivity contribution in [1.82, 2.24) is 14.9 Å². The van der Waals surface area contributed by atoms with Crippen LogP contribution < -0.4 is 5.56 Å². The number of aryl methyl sites for hydroxylation is 1. The van der Waals surface area contributed by atoms with Gasteiger partial charge < -0.3 is 4.98 Å². The molecule has 2 aromatic rings. The second-order valence-corrected chi connectivity index (χ2v) is 6.09. The monoisotopic (exact) mass is 301 g/mol. The maximum Gasteiger partial charge on any atom is 0.256 e. The van der Waals surface area contributed by atoms with Crippen molar-refractivity contribution in [3.63, 3.8) is 0 Å². The van der Waals surface area contributed by atoms with E-state index in [0.717, 1.165) is 30.8 Å². The number of hydrogen-bond acceptors (Lipinski definition) is 3. The van der Waals surface area contributed by atoms with E-state index in [1.807, 2.05) is 0 Å². The van der Waals surface area contributed by atoms with Crippen LogP contribution in [0.2, 0.25) is 0 Å². The molecule has 0 bridgehead atoms. The largest absolute Gasteiger partial charge is 0.335 e. The maximum atomic E-state index is 12.0. The first-order valence-electron chi connectivity index (χ1n) is 7.16. The van der Waals surface area contributed by atoms with Crippen molar-refractivity contribution in [1.29, 1.82) is 0 Å². The molecule has 0 radical (unpaired) electrons. The summed E-state index contributed by atoms with van der Waals surface area (Å²) in [6, 6.07) is 6.40. The Morgan fingerprint density at radius 1 is 1.29 bits per heavy atom. The molecule has 0 spiro atoms. The van der Waals surface area contributed by atoms with E-state index in [4.69, 9.17) is 12.2 Å². The van der Waals surface area contributed by atoms with Crippen molar-refractivity contribution in [2.45, 2.75) is 33.4 Å². The summed E-state index contributed by atoms with van der Waals surface area (Å²) in [4.78, 5) is 20.1. The van der Waals surface area contributed by atoms with Gasteiger partial charge in [-0.15, -0.1) is 0 Å². The Hall–Kier alpha value is -1.72. The third kappa shape index (κ3) is 2.84. The van der Waals surface area contributed by atoms with E-state index in [1.165, 1.54) is 16.7 Å². The van der Waals surface area contributed by atoms with Crippen LogP contribution in [0.3, 0.4) is 0 Å². The average molecular weight is 301 g/mol. The van der Waals surface area contributed by atoms with Crippen molar-refractivity contribution in [3.05, 3.63) is 61.3 Å². The Morgan fingerprint density at radius 3 is 2.90 bits per heavy atom. The molecule has 0 aliphatic carbocycles. The van der Waals surface area contributed by atoms with Gasteiger partial charge in [-0.1, -0.05) is 18.2 Å². The minimum absolute atomic E-state index is 0.0561. The van der Waals surface area contributed by atoms with Crippen LogP contribution in [-0.2, 0) is 19.5 Å². The van der Waals surface area contributed by atoms with Gasteiger partial charge >= 0.3 is 0 Å². The second kappa shape index (κ2) is 5.58. The number of nitrogens with one attached hydrogen (secondary N) is 2. The zero-order chi connectivity index (χ0) is 15.0. The molecule has 0 saturated heterocycles. The molecule has 110 valence electrons. The number of aromatic nitrogens is 2. The van der Waals surface area contributed by atoms with Gasteiger partial charge in [0, 0.05) is 31.7 Å². The third-order valence-electron chi connectivity index (χ3n) is 4.30. The van der Waals surface area contributed by atoms with E-state index in [1.54, 1.807) is 0 Å². The molecule has 4 nitrogen and oxygen atoms in total. The number of benzene rings is 1. The number of hydrogen-bond donors (Lipinski definition) is 2. The molecule has 1 aromatic carbocycles. The highest BCUT2D eigenvalue weighted by molar-refractivity contribution is 7.71. The predicted octanol–water partition coefficient (Wildman–Crippen LogP) is 2.61. The molecule has 5 heteroatoms. The lowest BCUT2D eigenvalue weighted by molar-refractivity contribution is 0.241. The van der Waals surface area contributed by atoms with Crippen LogP contribution in [0, 0.1) is 18.6 Å².